The van der Waals surface area contributed by atoms with Gasteiger partial charge in [0, 0.05) is 58.5 Å². The van der Waals surface area contributed by atoms with Gasteiger partial charge in [0.25, 0.3) is 0 Å². The van der Waals surface area contributed by atoms with Crippen molar-refractivity contribution in [2.45, 2.75) is 96.3 Å². The van der Waals surface area contributed by atoms with E-state index in [0.717, 1.165) is 30.6 Å². The first-order valence-electron chi connectivity index (χ1n) is 33.4. The van der Waals surface area contributed by atoms with Crippen LogP contribution in [0.5, 0.6) is 0 Å². The summed E-state index contributed by atoms with van der Waals surface area (Å²) in [6.45, 7) is 18.7. The lowest BCUT2D eigenvalue weighted by molar-refractivity contribution is 0.526. The van der Waals surface area contributed by atoms with Gasteiger partial charge in [0.05, 0.1) is 0 Å². The van der Waals surface area contributed by atoms with Gasteiger partial charge in [-0.2, -0.15) is 0 Å². The number of unbranched alkanes of at least 4 members (excludes halogenated alkanes) is 1. The van der Waals surface area contributed by atoms with Crippen molar-refractivity contribution in [3.63, 3.8) is 0 Å². The minimum atomic E-state index is -0.388. The van der Waals surface area contributed by atoms with Gasteiger partial charge in [-0.15, -0.1) is 0 Å². The van der Waals surface area contributed by atoms with Crippen LogP contribution in [0.25, 0.3) is 54.9 Å². The molecule has 0 aliphatic heterocycles. The van der Waals surface area contributed by atoms with E-state index < -0.39 is 0 Å². The van der Waals surface area contributed by atoms with Gasteiger partial charge in [-0.1, -0.05) is 322 Å². The van der Waals surface area contributed by atoms with E-state index in [1.807, 2.05) is 0 Å². The highest BCUT2D eigenvalue weighted by Crippen LogP contribution is 2.47. The van der Waals surface area contributed by atoms with Crippen molar-refractivity contribution in [1.82, 2.24) is 0 Å². The summed E-state index contributed by atoms with van der Waals surface area (Å²) in [6, 6.07) is 114. The second kappa shape index (κ2) is 25.6. The van der Waals surface area contributed by atoms with Gasteiger partial charge < -0.3 is 9.80 Å². The molecule has 13 aromatic carbocycles. The van der Waals surface area contributed by atoms with Crippen LogP contribution in [0.2, 0.25) is 0 Å². The Morgan fingerprint density at radius 3 is 0.796 bits per heavy atom. The molecule has 1 unspecified atom stereocenters. The van der Waals surface area contributed by atoms with E-state index in [-0.39, 0.29) is 21.7 Å². The van der Waals surface area contributed by atoms with Gasteiger partial charge in [0.15, 0.2) is 0 Å². The Hall–Kier alpha value is -10.0. The molecule has 0 heterocycles. The fourth-order valence-electron chi connectivity index (χ4n) is 14.2. The number of rotatable bonds is 19. The Morgan fingerprint density at radius 2 is 0.495 bits per heavy atom. The highest BCUT2D eigenvalue weighted by atomic mass is 15.1. The molecule has 0 aliphatic rings. The molecule has 0 aliphatic carbocycles. The second-order valence-corrected chi connectivity index (χ2v) is 27.5. The molecule has 13 aromatic rings. The number of anilines is 4. The SMILES string of the molecule is CCCCC(c1ccc(-c2ccc(C)cc2)cc1)(c1ccc(C(C)(C)c2ccc(-c3ccc(N(C)c4ccc5ccccc5c4)cc3)cc2)cc1)c1ccc(C(C)(C)c2ccc(C(C)(C)c3ccc(-c4ccc(N(C)c5ccc6ccccc6c5)cc4)cc3)cc2)cc1. The summed E-state index contributed by atoms with van der Waals surface area (Å²) in [5.41, 5.74) is 23.9. The second-order valence-electron chi connectivity index (χ2n) is 27.5. The van der Waals surface area contributed by atoms with Crippen LogP contribution in [0.15, 0.2) is 303 Å². The quantitative estimate of drug-likeness (QED) is 0.0745. The van der Waals surface area contributed by atoms with Crippen LogP contribution in [0.3, 0.4) is 0 Å². The van der Waals surface area contributed by atoms with Crippen LogP contribution >= 0.6 is 0 Å². The summed E-state index contributed by atoms with van der Waals surface area (Å²) in [5, 5.41) is 5.01. The zero-order valence-corrected chi connectivity index (χ0v) is 55.9. The molecule has 93 heavy (non-hydrogen) atoms. The van der Waals surface area contributed by atoms with Crippen molar-refractivity contribution >= 4 is 44.3 Å². The molecule has 13 rings (SSSR count). The van der Waals surface area contributed by atoms with Crippen molar-refractivity contribution < 1.29 is 0 Å². The van der Waals surface area contributed by atoms with Crippen LogP contribution in [0, 0.1) is 6.92 Å². The van der Waals surface area contributed by atoms with Crippen LogP contribution in [0.4, 0.5) is 22.7 Å². The number of nitrogens with zero attached hydrogens (tertiary/aromatic N) is 2. The molecular formula is C91H86N2. The molecule has 2 nitrogen and oxygen atoms in total. The van der Waals surface area contributed by atoms with Crippen molar-refractivity contribution in [2.24, 2.45) is 0 Å². The molecule has 0 aromatic heterocycles. The van der Waals surface area contributed by atoms with E-state index in [1.165, 1.54) is 122 Å². The van der Waals surface area contributed by atoms with Gasteiger partial charge in [-0.25, -0.2) is 0 Å². The Labute approximate surface area is 553 Å². The predicted molar refractivity (Wildman–Crippen MR) is 400 cm³/mol. The number of fused-ring (bicyclic) bond motifs is 2. The Morgan fingerprint density at radius 1 is 0.258 bits per heavy atom. The largest absolute Gasteiger partial charge is 0.345 e. The predicted octanol–water partition coefficient (Wildman–Crippen LogP) is 24.3. The molecule has 0 amide bonds. The zero-order valence-electron chi connectivity index (χ0n) is 55.9. The van der Waals surface area contributed by atoms with Gasteiger partial charge >= 0.3 is 0 Å². The third kappa shape index (κ3) is 12.2. The third-order valence-corrected chi connectivity index (χ3v) is 20.8. The van der Waals surface area contributed by atoms with Crippen molar-refractivity contribution in [3.8, 4) is 33.4 Å². The first-order valence-corrected chi connectivity index (χ1v) is 33.4. The van der Waals surface area contributed by atoms with E-state index in [2.05, 4.69) is 383 Å². The number of benzene rings is 13. The lowest BCUT2D eigenvalue weighted by Crippen LogP contribution is -2.30. The van der Waals surface area contributed by atoms with Crippen LogP contribution < -0.4 is 9.80 Å². The Balaban J connectivity index is 0.741. The van der Waals surface area contributed by atoms with Crippen LogP contribution in [-0.2, 0) is 21.7 Å². The Kier molecular flexibility index (Phi) is 17.0. The fraction of sp³-hybridized carbons (Fsp3) is 0.187. The molecule has 460 valence electrons. The van der Waals surface area contributed by atoms with E-state index in [0.29, 0.717) is 0 Å². The zero-order chi connectivity index (χ0) is 64.5. The molecule has 0 N–H and O–H groups in total. The van der Waals surface area contributed by atoms with E-state index in [4.69, 9.17) is 0 Å². The highest BCUT2D eigenvalue weighted by molar-refractivity contribution is 5.88. The maximum absolute atomic E-state index is 2.44. The smallest absolute Gasteiger partial charge is 0.0451 e. The average molecular weight is 1210 g/mol. The summed E-state index contributed by atoms with van der Waals surface area (Å²) in [4.78, 5) is 4.52. The minimum Gasteiger partial charge on any atom is -0.345 e. The molecule has 2 heteroatoms. The van der Waals surface area contributed by atoms with Crippen molar-refractivity contribution in [3.05, 3.63) is 359 Å². The number of aryl methyl sites for hydroxylation is 1. The molecule has 1 atom stereocenters. The summed E-state index contributed by atoms with van der Waals surface area (Å²) in [6.07, 6.45) is 3.17. The van der Waals surface area contributed by atoms with Crippen molar-refractivity contribution in [2.75, 3.05) is 23.9 Å². The topological polar surface area (TPSA) is 6.48 Å². The summed E-state index contributed by atoms with van der Waals surface area (Å²) >= 11 is 0. The van der Waals surface area contributed by atoms with Gasteiger partial charge in [0.1, 0.15) is 0 Å². The van der Waals surface area contributed by atoms with E-state index in [1.54, 1.807) is 0 Å². The van der Waals surface area contributed by atoms with E-state index in [9.17, 15) is 0 Å². The fourth-order valence-corrected chi connectivity index (χ4v) is 14.2. The molecule has 0 saturated carbocycles. The number of hydrogen-bond acceptors (Lipinski definition) is 2. The summed E-state index contributed by atoms with van der Waals surface area (Å²) in [7, 11) is 4.29. The normalized spacial score (nSPS) is 12.6. The minimum absolute atomic E-state index is 0.193. The average Bonchev–Trinajstić information content (AvgIpc) is 0.768. The molecule has 0 radical (unpaired) electrons. The molecule has 0 spiro atoms. The van der Waals surface area contributed by atoms with E-state index >= 15 is 0 Å². The van der Waals surface area contributed by atoms with Crippen molar-refractivity contribution in [1.29, 1.82) is 0 Å². The molecule has 0 saturated heterocycles. The molecule has 0 bridgehead atoms. The number of hydrogen-bond donors (Lipinski definition) is 0. The third-order valence-electron chi connectivity index (χ3n) is 20.8. The van der Waals surface area contributed by atoms with Crippen LogP contribution in [-0.4, -0.2) is 14.1 Å². The first-order chi connectivity index (χ1) is 45.0. The highest BCUT2D eigenvalue weighted by Gasteiger charge is 2.37. The maximum Gasteiger partial charge on any atom is 0.0451 e. The summed E-state index contributed by atoms with van der Waals surface area (Å²) < 4.78 is 0. The lowest BCUT2D eigenvalue weighted by atomic mass is 9.65. The van der Waals surface area contributed by atoms with Crippen LogP contribution in [0.1, 0.15) is 123 Å². The Bertz CT molecular complexity index is 4690. The maximum atomic E-state index is 2.44. The molecular weight excluding hydrogens is 1120 g/mol. The standard InChI is InChI=1S/C91H86N2/c1-11-12-61-91(81-41-29-70(30-42-81)67-23-21-64(2)22-24-67,82-51-47-79(48-52-82)89(5,6)76-39-27-69(28-40-76)72-33-57-85(58-34-72)93(10)87-60-36-66-18-14-16-20-74(66)63-87)83-53-49-80(50-54-83)90(7,8)78-45-43-77(44-46-78)88(3,4)75-37-25-68(26-38-75)71-31-55-84(56-32-71)92(9)86-59-35-65-17-13-15-19-73(65)62-86/h13-60,62-63H,11-12,61H2,1-10H3. The van der Waals surface area contributed by atoms with Gasteiger partial charge in [0.2, 0.25) is 0 Å². The first kappa shape index (κ1) is 61.8. The summed E-state index contributed by atoms with van der Waals surface area (Å²) in [5.74, 6) is 0. The monoisotopic (exact) mass is 1210 g/mol. The molecule has 0 fully saturated rings. The lowest BCUT2D eigenvalue weighted by Gasteiger charge is -2.38. The van der Waals surface area contributed by atoms with Gasteiger partial charge in [-0.05, 0) is 167 Å². The van der Waals surface area contributed by atoms with Gasteiger partial charge in [-0.3, -0.25) is 0 Å².